The van der Waals surface area contributed by atoms with Crippen LogP contribution in [0.5, 0.6) is 0 Å². The Bertz CT molecular complexity index is 572. The van der Waals surface area contributed by atoms with E-state index in [-0.39, 0.29) is 16.7 Å². The summed E-state index contributed by atoms with van der Waals surface area (Å²) in [7, 11) is 0. The van der Waals surface area contributed by atoms with E-state index in [4.69, 9.17) is 0 Å². The molecule has 0 spiro atoms. The highest BCUT2D eigenvalue weighted by molar-refractivity contribution is 7.07. The van der Waals surface area contributed by atoms with Crippen LogP contribution in [0.15, 0.2) is 41.1 Å². The molecule has 0 bridgehead atoms. The number of nitrogens with zero attached hydrogens (tertiary/aromatic N) is 1. The van der Waals surface area contributed by atoms with E-state index in [0.29, 0.717) is 12.1 Å². The van der Waals surface area contributed by atoms with Gasteiger partial charge in [0.25, 0.3) is 5.69 Å². The lowest BCUT2D eigenvalue weighted by molar-refractivity contribution is -0.385. The maximum Gasteiger partial charge on any atom is 0.274 e. The Morgan fingerprint density at radius 3 is 2.80 bits per heavy atom. The first kappa shape index (κ1) is 14.6. The molecule has 2 rings (SSSR count). The van der Waals surface area contributed by atoms with Crippen molar-refractivity contribution in [3.63, 3.8) is 0 Å². The molecule has 2 atom stereocenters. The Morgan fingerprint density at radius 1 is 1.40 bits per heavy atom. The third-order valence-corrected chi connectivity index (χ3v) is 3.85. The number of aliphatic hydroxyl groups is 1. The molecule has 6 heteroatoms. The minimum Gasteiger partial charge on any atom is -0.387 e. The molecule has 1 heterocycles. The highest BCUT2D eigenvalue weighted by atomic mass is 32.1. The lowest BCUT2D eigenvalue weighted by Crippen LogP contribution is -2.25. The third kappa shape index (κ3) is 3.41. The Morgan fingerprint density at radius 2 is 2.15 bits per heavy atom. The molecule has 0 aliphatic carbocycles. The number of rotatable bonds is 6. The second-order valence-electron chi connectivity index (χ2n) is 4.52. The van der Waals surface area contributed by atoms with Crippen LogP contribution in [0.4, 0.5) is 5.69 Å². The number of thiophene rings is 1. The number of aliphatic hydroxyl groups excluding tert-OH is 1. The maximum atomic E-state index is 11.0. The van der Waals surface area contributed by atoms with Crippen molar-refractivity contribution in [1.82, 2.24) is 5.32 Å². The number of nitro benzene ring substituents is 1. The SMILES string of the molecule is CC(NCC(O)c1ccsc1)c1ccccc1[N+](=O)[O-]. The van der Waals surface area contributed by atoms with Crippen molar-refractivity contribution in [3.8, 4) is 0 Å². The minimum atomic E-state index is -0.605. The zero-order valence-corrected chi connectivity index (χ0v) is 11.8. The summed E-state index contributed by atoms with van der Waals surface area (Å²) >= 11 is 1.53. The summed E-state index contributed by atoms with van der Waals surface area (Å²) in [6.07, 6.45) is -0.605. The van der Waals surface area contributed by atoms with Crippen LogP contribution in [0.3, 0.4) is 0 Å². The van der Waals surface area contributed by atoms with Crippen LogP contribution in [0.1, 0.15) is 30.2 Å². The van der Waals surface area contributed by atoms with Gasteiger partial charge in [-0.2, -0.15) is 11.3 Å². The zero-order valence-electron chi connectivity index (χ0n) is 11.0. The minimum absolute atomic E-state index is 0.0949. The van der Waals surface area contributed by atoms with Crippen LogP contribution in [0.2, 0.25) is 0 Å². The van der Waals surface area contributed by atoms with Gasteiger partial charge in [-0.1, -0.05) is 18.2 Å². The van der Waals surface area contributed by atoms with E-state index in [0.717, 1.165) is 5.56 Å². The van der Waals surface area contributed by atoms with Gasteiger partial charge < -0.3 is 10.4 Å². The van der Waals surface area contributed by atoms with Gasteiger partial charge in [0.1, 0.15) is 0 Å². The molecule has 0 amide bonds. The Kier molecular flexibility index (Phi) is 4.84. The highest BCUT2D eigenvalue weighted by Crippen LogP contribution is 2.25. The van der Waals surface area contributed by atoms with Gasteiger partial charge in [0, 0.05) is 24.2 Å². The molecular formula is C14H16N2O3S. The Balaban J connectivity index is 2.02. The summed E-state index contributed by atoms with van der Waals surface area (Å²) < 4.78 is 0. The van der Waals surface area contributed by atoms with Crippen molar-refractivity contribution in [2.45, 2.75) is 19.1 Å². The van der Waals surface area contributed by atoms with Gasteiger partial charge in [0.2, 0.25) is 0 Å². The van der Waals surface area contributed by atoms with E-state index in [1.165, 1.54) is 17.4 Å². The average Bonchev–Trinajstić information content (AvgIpc) is 2.98. The van der Waals surface area contributed by atoms with Crippen molar-refractivity contribution >= 4 is 17.0 Å². The maximum absolute atomic E-state index is 11.0. The van der Waals surface area contributed by atoms with Crippen LogP contribution in [0.25, 0.3) is 0 Å². The molecular weight excluding hydrogens is 276 g/mol. The van der Waals surface area contributed by atoms with Crippen molar-refractivity contribution in [2.24, 2.45) is 0 Å². The molecule has 1 aromatic heterocycles. The highest BCUT2D eigenvalue weighted by Gasteiger charge is 2.18. The second-order valence-corrected chi connectivity index (χ2v) is 5.30. The zero-order chi connectivity index (χ0) is 14.5. The molecule has 0 saturated carbocycles. The van der Waals surface area contributed by atoms with Crippen LogP contribution in [0, 0.1) is 10.1 Å². The van der Waals surface area contributed by atoms with Crippen LogP contribution in [-0.4, -0.2) is 16.6 Å². The topological polar surface area (TPSA) is 75.4 Å². The number of nitro groups is 1. The fourth-order valence-electron chi connectivity index (χ4n) is 2.00. The Labute approximate surface area is 121 Å². The first-order valence-electron chi connectivity index (χ1n) is 6.26. The number of hydrogen-bond donors (Lipinski definition) is 2. The van der Waals surface area contributed by atoms with Crippen molar-refractivity contribution in [2.75, 3.05) is 6.54 Å². The predicted molar refractivity (Wildman–Crippen MR) is 78.8 cm³/mol. The fourth-order valence-corrected chi connectivity index (χ4v) is 2.71. The summed E-state index contributed by atoms with van der Waals surface area (Å²) in [6, 6.07) is 8.30. The number of nitrogens with one attached hydrogen (secondary N) is 1. The normalized spacial score (nSPS) is 13.9. The lowest BCUT2D eigenvalue weighted by atomic mass is 10.1. The summed E-state index contributed by atoms with van der Waals surface area (Å²) in [6.45, 7) is 2.20. The molecule has 0 saturated heterocycles. The van der Waals surface area contributed by atoms with Crippen molar-refractivity contribution < 1.29 is 10.0 Å². The molecule has 2 unspecified atom stereocenters. The van der Waals surface area contributed by atoms with Gasteiger partial charge >= 0.3 is 0 Å². The molecule has 5 nitrogen and oxygen atoms in total. The number of hydrogen-bond acceptors (Lipinski definition) is 5. The van der Waals surface area contributed by atoms with E-state index in [9.17, 15) is 15.2 Å². The van der Waals surface area contributed by atoms with E-state index in [1.54, 1.807) is 18.2 Å². The molecule has 1 aromatic carbocycles. The van der Waals surface area contributed by atoms with Gasteiger partial charge in [0.05, 0.1) is 11.0 Å². The van der Waals surface area contributed by atoms with Gasteiger partial charge in [-0.05, 0) is 29.3 Å². The molecule has 2 N–H and O–H groups in total. The first-order chi connectivity index (χ1) is 9.59. The first-order valence-corrected chi connectivity index (χ1v) is 7.20. The Hall–Kier alpha value is -1.76. The standard InChI is InChI=1S/C14H16N2O3S/c1-10(12-4-2-3-5-13(12)16(18)19)15-8-14(17)11-6-7-20-9-11/h2-7,9-10,14-15,17H,8H2,1H3. The average molecular weight is 292 g/mol. The van der Waals surface area contributed by atoms with E-state index in [2.05, 4.69) is 5.32 Å². The van der Waals surface area contributed by atoms with Gasteiger partial charge in [-0.3, -0.25) is 10.1 Å². The second kappa shape index (κ2) is 6.60. The van der Waals surface area contributed by atoms with Gasteiger partial charge in [0.15, 0.2) is 0 Å². The predicted octanol–water partition coefficient (Wildman–Crippen LogP) is 3.04. The van der Waals surface area contributed by atoms with Crippen LogP contribution >= 0.6 is 11.3 Å². The van der Waals surface area contributed by atoms with E-state index < -0.39 is 6.10 Å². The van der Waals surface area contributed by atoms with Crippen molar-refractivity contribution in [3.05, 3.63) is 62.3 Å². The molecule has 0 aliphatic heterocycles. The lowest BCUT2D eigenvalue weighted by Gasteiger charge is -2.17. The number of para-hydroxylation sites is 1. The van der Waals surface area contributed by atoms with Gasteiger partial charge in [-0.25, -0.2) is 0 Å². The smallest absolute Gasteiger partial charge is 0.274 e. The molecule has 20 heavy (non-hydrogen) atoms. The summed E-state index contributed by atoms with van der Waals surface area (Å²) in [5, 5.41) is 27.9. The van der Waals surface area contributed by atoms with Gasteiger partial charge in [-0.15, -0.1) is 0 Å². The van der Waals surface area contributed by atoms with Crippen LogP contribution < -0.4 is 5.32 Å². The van der Waals surface area contributed by atoms with Crippen molar-refractivity contribution in [1.29, 1.82) is 0 Å². The van der Waals surface area contributed by atoms with Crippen LogP contribution in [-0.2, 0) is 0 Å². The largest absolute Gasteiger partial charge is 0.387 e. The molecule has 0 aliphatic rings. The fraction of sp³-hybridized carbons (Fsp3) is 0.286. The monoisotopic (exact) mass is 292 g/mol. The summed E-state index contributed by atoms with van der Waals surface area (Å²) in [5.41, 5.74) is 1.57. The summed E-state index contributed by atoms with van der Waals surface area (Å²) in [5.74, 6) is 0. The molecule has 106 valence electrons. The van der Waals surface area contributed by atoms with E-state index >= 15 is 0 Å². The molecule has 0 radical (unpaired) electrons. The quantitative estimate of drug-likeness (QED) is 0.634. The summed E-state index contributed by atoms with van der Waals surface area (Å²) in [4.78, 5) is 10.6. The van der Waals surface area contributed by atoms with E-state index in [1.807, 2.05) is 23.8 Å². The molecule has 2 aromatic rings. The number of benzene rings is 1. The third-order valence-electron chi connectivity index (χ3n) is 3.15. The molecule has 0 fully saturated rings.